The van der Waals surface area contributed by atoms with Crippen molar-refractivity contribution in [3.8, 4) is 0 Å². The molecule has 0 amide bonds. The molecule has 1 heterocycles. The fourth-order valence-corrected chi connectivity index (χ4v) is 1.97. The third-order valence-electron chi connectivity index (χ3n) is 3.22. The minimum atomic E-state index is -0.233. The van der Waals surface area contributed by atoms with Crippen molar-refractivity contribution in [2.24, 2.45) is 4.99 Å². The third-order valence-corrected chi connectivity index (χ3v) is 3.22. The smallest absolute Gasteiger partial charge is 0.191 e. The van der Waals surface area contributed by atoms with E-state index in [1.165, 1.54) is 12.1 Å². The number of pyridine rings is 1. The quantitative estimate of drug-likeness (QED) is 0.659. The molecule has 4 nitrogen and oxygen atoms in total. The topological polar surface area (TPSA) is 49.3 Å². The summed E-state index contributed by atoms with van der Waals surface area (Å²) in [7, 11) is 0. The lowest BCUT2D eigenvalue weighted by atomic mass is 10.2. The van der Waals surface area contributed by atoms with Gasteiger partial charge in [0.2, 0.25) is 0 Å². The van der Waals surface area contributed by atoms with Crippen molar-refractivity contribution in [1.29, 1.82) is 0 Å². The van der Waals surface area contributed by atoms with Crippen LogP contribution in [-0.4, -0.2) is 17.5 Å². The van der Waals surface area contributed by atoms with Gasteiger partial charge in [-0.2, -0.15) is 0 Å². The number of aromatic nitrogens is 1. The van der Waals surface area contributed by atoms with E-state index in [9.17, 15) is 4.39 Å². The van der Waals surface area contributed by atoms with Gasteiger partial charge in [0.25, 0.3) is 0 Å². The molecule has 0 bridgehead atoms. The van der Waals surface area contributed by atoms with Crippen molar-refractivity contribution in [2.75, 3.05) is 6.54 Å². The van der Waals surface area contributed by atoms with E-state index >= 15 is 0 Å². The van der Waals surface area contributed by atoms with E-state index in [0.717, 1.165) is 29.3 Å². The molecule has 0 aliphatic heterocycles. The fraction of sp³-hybridized carbons (Fsp3) is 0.294. The first-order valence-corrected chi connectivity index (χ1v) is 7.36. The van der Waals surface area contributed by atoms with Crippen LogP contribution in [0.3, 0.4) is 0 Å². The van der Waals surface area contributed by atoms with E-state index in [1.54, 1.807) is 18.3 Å². The van der Waals surface area contributed by atoms with Crippen LogP contribution >= 0.6 is 0 Å². The van der Waals surface area contributed by atoms with Gasteiger partial charge in [-0.1, -0.05) is 18.2 Å². The largest absolute Gasteiger partial charge is 0.357 e. The molecule has 2 rings (SSSR count). The molecule has 2 N–H and O–H groups in total. The average molecular weight is 300 g/mol. The summed E-state index contributed by atoms with van der Waals surface area (Å²) in [5.41, 5.74) is 3.10. The third kappa shape index (κ3) is 4.84. The highest BCUT2D eigenvalue weighted by Crippen LogP contribution is 2.04. The lowest BCUT2D eigenvalue weighted by Crippen LogP contribution is -2.37. The predicted octanol–water partition coefficient (Wildman–Crippen LogP) is 2.78. The number of hydrogen-bond donors (Lipinski definition) is 2. The van der Waals surface area contributed by atoms with Crippen LogP contribution in [0.2, 0.25) is 0 Å². The van der Waals surface area contributed by atoms with Crippen molar-refractivity contribution in [3.63, 3.8) is 0 Å². The van der Waals surface area contributed by atoms with E-state index in [4.69, 9.17) is 0 Å². The number of benzene rings is 1. The second-order valence-electron chi connectivity index (χ2n) is 4.94. The summed E-state index contributed by atoms with van der Waals surface area (Å²) in [6, 6.07) is 10.3. The Morgan fingerprint density at radius 3 is 2.64 bits per heavy atom. The van der Waals surface area contributed by atoms with E-state index in [2.05, 4.69) is 20.6 Å². The number of halogens is 1. The van der Waals surface area contributed by atoms with E-state index in [1.807, 2.05) is 26.0 Å². The molecule has 0 unspecified atom stereocenters. The van der Waals surface area contributed by atoms with Crippen LogP contribution in [0.1, 0.15) is 23.7 Å². The molecule has 1 aromatic carbocycles. The summed E-state index contributed by atoms with van der Waals surface area (Å²) in [5, 5.41) is 6.45. The van der Waals surface area contributed by atoms with Gasteiger partial charge in [-0.15, -0.1) is 0 Å². The molecule has 22 heavy (non-hydrogen) atoms. The van der Waals surface area contributed by atoms with E-state index in [-0.39, 0.29) is 5.82 Å². The van der Waals surface area contributed by atoms with Crippen molar-refractivity contribution < 1.29 is 4.39 Å². The second kappa shape index (κ2) is 8.12. The van der Waals surface area contributed by atoms with Crippen LogP contribution in [0.4, 0.5) is 4.39 Å². The summed E-state index contributed by atoms with van der Waals surface area (Å²) in [5.74, 6) is 0.486. The molecule has 0 saturated carbocycles. The lowest BCUT2D eigenvalue weighted by Gasteiger charge is -2.12. The van der Waals surface area contributed by atoms with Crippen molar-refractivity contribution in [1.82, 2.24) is 15.6 Å². The van der Waals surface area contributed by atoms with Crippen LogP contribution in [0.25, 0.3) is 0 Å². The predicted molar refractivity (Wildman–Crippen MR) is 87.0 cm³/mol. The molecule has 0 aliphatic rings. The average Bonchev–Trinajstić information content (AvgIpc) is 2.53. The number of nitrogens with one attached hydrogen (secondary N) is 2. The highest BCUT2D eigenvalue weighted by Gasteiger charge is 2.02. The van der Waals surface area contributed by atoms with Gasteiger partial charge < -0.3 is 10.6 Å². The van der Waals surface area contributed by atoms with E-state index < -0.39 is 0 Å². The monoisotopic (exact) mass is 300 g/mol. The Bertz CT molecular complexity index is 623. The van der Waals surface area contributed by atoms with Gasteiger partial charge in [-0.3, -0.25) is 4.98 Å². The van der Waals surface area contributed by atoms with Gasteiger partial charge in [0, 0.05) is 12.7 Å². The highest BCUT2D eigenvalue weighted by atomic mass is 19.1. The standard InChI is InChI=1S/C17H21FN4/c1-3-19-17(21-11-14-6-8-15(18)9-7-14)22-12-16-13(2)5-4-10-20-16/h4-10H,3,11-12H2,1-2H3,(H2,19,21,22). The van der Waals surface area contributed by atoms with Crippen molar-refractivity contribution in [2.45, 2.75) is 26.9 Å². The number of aliphatic imine (C=N–C) groups is 1. The zero-order valence-electron chi connectivity index (χ0n) is 12.9. The minimum absolute atomic E-state index is 0.233. The Labute approximate surface area is 130 Å². The molecule has 0 saturated heterocycles. The molecule has 0 fully saturated rings. The maximum absolute atomic E-state index is 12.9. The van der Waals surface area contributed by atoms with Gasteiger partial charge in [0.1, 0.15) is 5.82 Å². The Hall–Kier alpha value is -2.43. The van der Waals surface area contributed by atoms with Crippen LogP contribution in [-0.2, 0) is 13.1 Å². The molecule has 0 atom stereocenters. The first-order valence-electron chi connectivity index (χ1n) is 7.36. The molecule has 0 spiro atoms. The van der Waals surface area contributed by atoms with Crippen LogP contribution in [0, 0.1) is 12.7 Å². The van der Waals surface area contributed by atoms with Crippen LogP contribution < -0.4 is 10.6 Å². The van der Waals surface area contributed by atoms with Crippen molar-refractivity contribution in [3.05, 3.63) is 65.2 Å². The molecule has 0 radical (unpaired) electrons. The first kappa shape index (κ1) is 15.9. The molecule has 2 aromatic rings. The zero-order valence-corrected chi connectivity index (χ0v) is 12.9. The van der Waals surface area contributed by atoms with Gasteiger partial charge in [-0.05, 0) is 43.2 Å². The van der Waals surface area contributed by atoms with Crippen LogP contribution in [0.5, 0.6) is 0 Å². The van der Waals surface area contributed by atoms with Gasteiger partial charge in [0.05, 0.1) is 18.8 Å². The molecule has 116 valence electrons. The maximum Gasteiger partial charge on any atom is 0.191 e. The number of hydrogen-bond acceptors (Lipinski definition) is 2. The number of guanidine groups is 1. The van der Waals surface area contributed by atoms with Gasteiger partial charge in [0.15, 0.2) is 5.96 Å². The summed E-state index contributed by atoms with van der Waals surface area (Å²) in [4.78, 5) is 8.85. The second-order valence-corrected chi connectivity index (χ2v) is 4.94. The lowest BCUT2D eigenvalue weighted by molar-refractivity contribution is 0.627. The first-order chi connectivity index (χ1) is 10.7. The van der Waals surface area contributed by atoms with Crippen LogP contribution in [0.15, 0.2) is 47.6 Å². The summed E-state index contributed by atoms with van der Waals surface area (Å²) < 4.78 is 12.9. The molecule has 5 heteroatoms. The number of aryl methyl sites for hydroxylation is 1. The van der Waals surface area contributed by atoms with Gasteiger partial charge in [-0.25, -0.2) is 9.38 Å². The van der Waals surface area contributed by atoms with E-state index in [0.29, 0.717) is 13.1 Å². The Morgan fingerprint density at radius 1 is 1.18 bits per heavy atom. The summed E-state index contributed by atoms with van der Waals surface area (Å²) in [6.07, 6.45) is 1.78. The minimum Gasteiger partial charge on any atom is -0.357 e. The molecular formula is C17H21FN4. The summed E-state index contributed by atoms with van der Waals surface area (Å²) >= 11 is 0. The zero-order chi connectivity index (χ0) is 15.8. The Balaban J connectivity index is 1.98. The maximum atomic E-state index is 12.9. The summed E-state index contributed by atoms with van der Waals surface area (Å²) in [6.45, 7) is 5.93. The Morgan fingerprint density at radius 2 is 1.95 bits per heavy atom. The SMILES string of the molecule is CCNC(=NCc1ccc(F)cc1)NCc1ncccc1C. The van der Waals surface area contributed by atoms with Crippen molar-refractivity contribution >= 4 is 5.96 Å². The highest BCUT2D eigenvalue weighted by molar-refractivity contribution is 5.79. The Kier molecular flexibility index (Phi) is 5.89. The number of rotatable bonds is 5. The molecular weight excluding hydrogens is 279 g/mol. The molecule has 0 aliphatic carbocycles. The molecule has 1 aromatic heterocycles. The number of nitrogens with zero attached hydrogens (tertiary/aromatic N) is 2. The van der Waals surface area contributed by atoms with Gasteiger partial charge >= 0.3 is 0 Å². The fourth-order valence-electron chi connectivity index (χ4n) is 1.97. The normalized spacial score (nSPS) is 11.3.